The molecule has 194 valence electrons. The van der Waals surface area contributed by atoms with E-state index in [4.69, 9.17) is 22.1 Å². The molecule has 2 aromatic carbocycles. The molecule has 1 amide bonds. The highest BCUT2D eigenvalue weighted by Crippen LogP contribution is 2.32. The Hall–Kier alpha value is -3.94. The van der Waals surface area contributed by atoms with Gasteiger partial charge in [0.1, 0.15) is 11.4 Å². The maximum Gasteiger partial charge on any atom is 0.261 e. The Morgan fingerprint density at radius 2 is 1.74 bits per heavy atom. The van der Waals surface area contributed by atoms with Crippen molar-refractivity contribution >= 4 is 29.0 Å². The van der Waals surface area contributed by atoms with Crippen LogP contribution >= 0.6 is 11.6 Å². The van der Waals surface area contributed by atoms with Crippen LogP contribution in [0.1, 0.15) is 28.8 Å². The first-order valence-corrected chi connectivity index (χ1v) is 13.0. The molecule has 4 aromatic rings. The third-order valence-corrected chi connectivity index (χ3v) is 7.17. The Morgan fingerprint density at radius 1 is 1.05 bits per heavy atom. The van der Waals surface area contributed by atoms with Gasteiger partial charge in [-0.25, -0.2) is 4.98 Å². The Morgan fingerprint density at radius 3 is 2.42 bits per heavy atom. The molecule has 0 spiro atoms. The lowest BCUT2D eigenvalue weighted by atomic mass is 9.99. The number of hydrogen-bond donors (Lipinski definition) is 2. The minimum absolute atomic E-state index is 0.0961. The molecule has 0 atom stereocenters. The van der Waals surface area contributed by atoms with Gasteiger partial charge in [-0.2, -0.15) is 0 Å². The fourth-order valence-electron chi connectivity index (χ4n) is 4.72. The van der Waals surface area contributed by atoms with Gasteiger partial charge in [0, 0.05) is 55.2 Å². The van der Waals surface area contributed by atoms with E-state index in [1.165, 1.54) is 0 Å². The Kier molecular flexibility index (Phi) is 7.58. The minimum Gasteiger partial charge on any atom is -0.383 e. The number of pyridine rings is 2. The maximum absolute atomic E-state index is 13.5. The van der Waals surface area contributed by atoms with E-state index in [1.54, 1.807) is 42.7 Å². The summed E-state index contributed by atoms with van der Waals surface area (Å²) < 4.78 is 7.47. The SMILES string of the molecule is Cc1ccc(-c2cn(CC3CCOCC3)cc(C(=O)Nc3ccc(-c4c(Cl)ccnc4N)cc3)c2=O)cc1. The second kappa shape index (κ2) is 11.2. The molecule has 1 fully saturated rings. The van der Waals surface area contributed by atoms with Crippen LogP contribution in [0.3, 0.4) is 0 Å². The van der Waals surface area contributed by atoms with Crippen LogP contribution in [-0.4, -0.2) is 28.7 Å². The zero-order chi connectivity index (χ0) is 26.6. The number of carbonyl (C=O) groups excluding carboxylic acids is 1. The number of nitrogens with two attached hydrogens (primary N) is 1. The standard InChI is InChI=1S/C30H29ClN4O3/c1-19-2-4-21(5-3-19)24-17-35(16-20-11-14-38-15-12-20)18-25(28(24)36)30(37)34-23-8-6-22(7-9-23)27-26(31)10-13-33-29(27)32/h2-10,13,17-18,20H,11-12,14-16H2,1H3,(H2,32,33)(H,34,37). The van der Waals surface area contributed by atoms with E-state index in [-0.39, 0.29) is 11.0 Å². The molecule has 3 N–H and O–H groups in total. The number of ether oxygens (including phenoxy) is 1. The number of halogens is 1. The Balaban J connectivity index is 1.45. The first-order valence-electron chi connectivity index (χ1n) is 12.6. The van der Waals surface area contributed by atoms with Crippen molar-refractivity contribution in [2.45, 2.75) is 26.3 Å². The number of carbonyl (C=O) groups is 1. The molecule has 8 heteroatoms. The van der Waals surface area contributed by atoms with Gasteiger partial charge in [0.25, 0.3) is 5.91 Å². The number of aromatic nitrogens is 2. The van der Waals surface area contributed by atoms with Gasteiger partial charge >= 0.3 is 0 Å². The van der Waals surface area contributed by atoms with E-state index in [0.29, 0.717) is 40.1 Å². The van der Waals surface area contributed by atoms with Crippen molar-refractivity contribution in [3.8, 4) is 22.3 Å². The smallest absolute Gasteiger partial charge is 0.261 e. The highest BCUT2D eigenvalue weighted by Gasteiger charge is 2.20. The van der Waals surface area contributed by atoms with Crippen molar-refractivity contribution in [3.63, 3.8) is 0 Å². The van der Waals surface area contributed by atoms with Crippen LogP contribution in [0, 0.1) is 12.8 Å². The first-order chi connectivity index (χ1) is 18.4. The van der Waals surface area contributed by atoms with E-state index >= 15 is 0 Å². The topological polar surface area (TPSA) is 99.2 Å². The zero-order valence-corrected chi connectivity index (χ0v) is 21.9. The number of aryl methyl sites for hydroxylation is 1. The van der Waals surface area contributed by atoms with Gasteiger partial charge in [-0.3, -0.25) is 9.59 Å². The molecule has 0 radical (unpaired) electrons. The van der Waals surface area contributed by atoms with E-state index in [0.717, 1.165) is 42.7 Å². The third kappa shape index (κ3) is 5.64. The van der Waals surface area contributed by atoms with Crippen molar-refractivity contribution in [1.82, 2.24) is 9.55 Å². The molecule has 2 aromatic heterocycles. The summed E-state index contributed by atoms with van der Waals surface area (Å²) in [6.07, 6.45) is 6.97. The highest BCUT2D eigenvalue weighted by molar-refractivity contribution is 6.33. The second-order valence-electron chi connectivity index (χ2n) is 9.62. The summed E-state index contributed by atoms with van der Waals surface area (Å²) in [6.45, 7) is 4.17. The van der Waals surface area contributed by atoms with Crippen LogP contribution in [-0.2, 0) is 11.3 Å². The van der Waals surface area contributed by atoms with Crippen LogP contribution in [0.2, 0.25) is 5.02 Å². The average Bonchev–Trinajstić information content (AvgIpc) is 2.91. The average molecular weight is 529 g/mol. The van der Waals surface area contributed by atoms with E-state index in [2.05, 4.69) is 10.3 Å². The molecule has 1 saturated heterocycles. The Labute approximate surface area is 226 Å². The normalized spacial score (nSPS) is 13.8. The quantitative estimate of drug-likeness (QED) is 0.329. The Bertz CT molecular complexity index is 1490. The summed E-state index contributed by atoms with van der Waals surface area (Å²) in [5.74, 6) is 0.288. The zero-order valence-electron chi connectivity index (χ0n) is 21.1. The molecule has 1 aliphatic heterocycles. The number of nitrogens with zero attached hydrogens (tertiary/aromatic N) is 2. The van der Waals surface area contributed by atoms with Gasteiger partial charge in [-0.1, -0.05) is 53.6 Å². The molecule has 0 saturated carbocycles. The van der Waals surface area contributed by atoms with E-state index < -0.39 is 5.91 Å². The van der Waals surface area contributed by atoms with Crippen molar-refractivity contribution < 1.29 is 9.53 Å². The third-order valence-electron chi connectivity index (χ3n) is 6.86. The fraction of sp³-hybridized carbons (Fsp3) is 0.233. The molecule has 0 aliphatic carbocycles. The predicted molar refractivity (Wildman–Crippen MR) is 151 cm³/mol. The van der Waals surface area contributed by atoms with Crippen molar-refractivity contribution in [3.05, 3.63) is 99.6 Å². The summed E-state index contributed by atoms with van der Waals surface area (Å²) in [4.78, 5) is 31.0. The summed E-state index contributed by atoms with van der Waals surface area (Å²) in [5, 5.41) is 3.37. The second-order valence-corrected chi connectivity index (χ2v) is 10.0. The molecule has 0 bridgehead atoms. The number of nitrogen functional groups attached to an aromatic ring is 1. The van der Waals surface area contributed by atoms with Crippen LogP contribution in [0.15, 0.2) is 78.0 Å². The molecule has 7 nitrogen and oxygen atoms in total. The van der Waals surface area contributed by atoms with Crippen LogP contribution in [0.25, 0.3) is 22.3 Å². The molecular formula is C30H29ClN4O3. The van der Waals surface area contributed by atoms with Gasteiger partial charge in [-0.05, 0) is 55.0 Å². The lowest BCUT2D eigenvalue weighted by Gasteiger charge is -2.23. The summed E-state index contributed by atoms with van der Waals surface area (Å²) >= 11 is 6.31. The number of hydrogen-bond acceptors (Lipinski definition) is 5. The van der Waals surface area contributed by atoms with Gasteiger partial charge in [0.2, 0.25) is 5.43 Å². The lowest BCUT2D eigenvalue weighted by molar-refractivity contribution is 0.0612. The van der Waals surface area contributed by atoms with Crippen LogP contribution in [0.4, 0.5) is 11.5 Å². The van der Waals surface area contributed by atoms with E-state index in [9.17, 15) is 9.59 Å². The van der Waals surface area contributed by atoms with Gasteiger partial charge < -0.3 is 20.4 Å². The van der Waals surface area contributed by atoms with Gasteiger partial charge in [0.15, 0.2) is 0 Å². The number of amides is 1. The number of rotatable bonds is 6. The minimum atomic E-state index is -0.462. The number of nitrogens with one attached hydrogen (secondary N) is 1. The van der Waals surface area contributed by atoms with Gasteiger partial charge in [0.05, 0.1) is 5.02 Å². The highest BCUT2D eigenvalue weighted by atomic mass is 35.5. The van der Waals surface area contributed by atoms with Crippen molar-refractivity contribution in [1.29, 1.82) is 0 Å². The molecule has 1 aliphatic rings. The molecule has 5 rings (SSSR count). The van der Waals surface area contributed by atoms with Gasteiger partial charge in [-0.15, -0.1) is 0 Å². The fourth-order valence-corrected chi connectivity index (χ4v) is 4.98. The number of anilines is 2. The summed E-state index contributed by atoms with van der Waals surface area (Å²) in [6, 6.07) is 16.6. The monoisotopic (exact) mass is 528 g/mol. The maximum atomic E-state index is 13.5. The lowest BCUT2D eigenvalue weighted by Crippen LogP contribution is -2.26. The summed E-state index contributed by atoms with van der Waals surface area (Å²) in [7, 11) is 0. The molecular weight excluding hydrogens is 500 g/mol. The predicted octanol–water partition coefficient (Wildman–Crippen LogP) is 5.80. The van der Waals surface area contributed by atoms with Crippen molar-refractivity contribution in [2.24, 2.45) is 5.92 Å². The number of benzene rings is 2. The van der Waals surface area contributed by atoms with Crippen molar-refractivity contribution in [2.75, 3.05) is 24.3 Å². The largest absolute Gasteiger partial charge is 0.383 e. The molecule has 0 unspecified atom stereocenters. The molecule has 38 heavy (non-hydrogen) atoms. The summed E-state index contributed by atoms with van der Waals surface area (Å²) in [5.41, 5.74) is 10.1. The van der Waals surface area contributed by atoms with Crippen LogP contribution in [0.5, 0.6) is 0 Å². The first kappa shape index (κ1) is 25.7. The molecule has 3 heterocycles. The van der Waals surface area contributed by atoms with Crippen LogP contribution < -0.4 is 16.5 Å². The van der Waals surface area contributed by atoms with E-state index in [1.807, 2.05) is 42.0 Å².